The Morgan fingerprint density at radius 3 is 2.80 bits per heavy atom. The zero-order valence-corrected chi connectivity index (χ0v) is 17.8. The number of methoxy groups -OCH3 is 1. The lowest BCUT2D eigenvalue weighted by Gasteiger charge is -2.37. The summed E-state index contributed by atoms with van der Waals surface area (Å²) in [5.74, 6) is 2.35. The maximum Gasteiger partial charge on any atom is 0.308 e. The number of ether oxygens (including phenoxy) is 3. The molecule has 0 fully saturated rings. The third-order valence-corrected chi connectivity index (χ3v) is 5.90. The molecule has 0 bridgehead atoms. The van der Waals surface area contributed by atoms with Crippen LogP contribution in [0.25, 0.3) is 0 Å². The molecule has 2 aromatic carbocycles. The van der Waals surface area contributed by atoms with E-state index >= 15 is 0 Å². The van der Waals surface area contributed by atoms with Gasteiger partial charge in [0.1, 0.15) is 5.75 Å². The van der Waals surface area contributed by atoms with E-state index in [0.29, 0.717) is 23.3 Å². The first-order valence-corrected chi connectivity index (χ1v) is 10.7. The molecule has 1 aliphatic carbocycles. The monoisotopic (exact) mass is 407 g/mol. The van der Waals surface area contributed by atoms with Crippen LogP contribution in [0.2, 0.25) is 0 Å². The summed E-state index contributed by atoms with van der Waals surface area (Å²) in [7, 11) is 1.59. The molecule has 158 valence electrons. The van der Waals surface area contributed by atoms with Crippen molar-refractivity contribution in [1.29, 1.82) is 0 Å². The van der Waals surface area contributed by atoms with E-state index in [-0.39, 0.29) is 12.0 Å². The number of anilines is 1. The Morgan fingerprint density at radius 2 is 2.03 bits per heavy atom. The fourth-order valence-electron chi connectivity index (χ4n) is 4.44. The van der Waals surface area contributed by atoms with Gasteiger partial charge in [-0.15, -0.1) is 0 Å². The minimum atomic E-state index is -0.359. The van der Waals surface area contributed by atoms with Gasteiger partial charge in [0.05, 0.1) is 19.8 Å². The van der Waals surface area contributed by atoms with Crippen molar-refractivity contribution >= 4 is 11.7 Å². The van der Waals surface area contributed by atoms with Crippen LogP contribution in [0.5, 0.6) is 17.2 Å². The number of fused-ring (bicyclic) bond motifs is 3. The van der Waals surface area contributed by atoms with E-state index < -0.39 is 0 Å². The van der Waals surface area contributed by atoms with Gasteiger partial charge in [-0.3, -0.25) is 4.79 Å². The van der Waals surface area contributed by atoms with Gasteiger partial charge >= 0.3 is 5.97 Å². The Hall–Kier alpha value is -2.95. The molecule has 5 heteroatoms. The number of hydrogen-bond acceptors (Lipinski definition) is 5. The van der Waals surface area contributed by atoms with E-state index in [1.54, 1.807) is 7.11 Å². The summed E-state index contributed by atoms with van der Waals surface area (Å²) in [5.41, 5.74) is 3.55. The molecule has 0 spiro atoms. The van der Waals surface area contributed by atoms with Crippen molar-refractivity contribution < 1.29 is 19.0 Å². The van der Waals surface area contributed by atoms with Crippen LogP contribution in [0.4, 0.5) is 5.69 Å². The Morgan fingerprint density at radius 1 is 1.17 bits per heavy atom. The van der Waals surface area contributed by atoms with E-state index in [1.165, 1.54) is 12.5 Å². The quantitative estimate of drug-likeness (QED) is 0.279. The van der Waals surface area contributed by atoms with Crippen LogP contribution in [-0.2, 0) is 4.79 Å². The van der Waals surface area contributed by atoms with Crippen LogP contribution in [0.15, 0.2) is 48.6 Å². The molecule has 0 saturated carbocycles. The number of carbonyl (C=O) groups is 1. The van der Waals surface area contributed by atoms with Gasteiger partial charge in [-0.25, -0.2) is 0 Å². The standard InChI is InChI=1S/C25H29NO4/c1-4-5-13-29-18-10-11-22-21(15-18)19-7-6-8-20(19)25(26-22)17-9-12-23(30-16(2)27)24(14-17)28-3/h6-7,9-12,14-15,19-20,25-26H,4-5,8,13H2,1-3H3. The Kier molecular flexibility index (Phi) is 5.98. The molecule has 4 rings (SSSR count). The second kappa shape index (κ2) is 8.82. The molecule has 0 saturated heterocycles. The average Bonchev–Trinajstić information content (AvgIpc) is 3.24. The van der Waals surface area contributed by atoms with Gasteiger partial charge in [-0.1, -0.05) is 31.6 Å². The van der Waals surface area contributed by atoms with Gasteiger partial charge in [-0.2, -0.15) is 0 Å². The number of allylic oxidation sites excluding steroid dienone is 2. The molecule has 1 heterocycles. The predicted octanol–water partition coefficient (Wildman–Crippen LogP) is 5.63. The van der Waals surface area contributed by atoms with E-state index in [0.717, 1.165) is 42.9 Å². The molecule has 5 nitrogen and oxygen atoms in total. The van der Waals surface area contributed by atoms with Gasteiger partial charge in [0.15, 0.2) is 11.5 Å². The Bertz CT molecular complexity index is 952. The maximum absolute atomic E-state index is 11.4. The molecule has 1 N–H and O–H groups in total. The first kappa shape index (κ1) is 20.3. The first-order valence-electron chi connectivity index (χ1n) is 10.7. The van der Waals surface area contributed by atoms with E-state index in [1.807, 2.05) is 24.3 Å². The van der Waals surface area contributed by atoms with Crippen LogP contribution in [0, 0.1) is 5.92 Å². The van der Waals surface area contributed by atoms with Crippen molar-refractivity contribution in [1.82, 2.24) is 0 Å². The van der Waals surface area contributed by atoms with Crippen LogP contribution in [-0.4, -0.2) is 19.7 Å². The zero-order chi connectivity index (χ0) is 21.1. The zero-order valence-electron chi connectivity index (χ0n) is 17.8. The molecule has 1 aliphatic heterocycles. The van der Waals surface area contributed by atoms with Gasteiger partial charge < -0.3 is 19.5 Å². The fraction of sp³-hybridized carbons (Fsp3) is 0.400. The number of nitrogens with one attached hydrogen (secondary N) is 1. The highest BCUT2D eigenvalue weighted by Gasteiger charge is 2.38. The van der Waals surface area contributed by atoms with Gasteiger partial charge in [-0.05, 0) is 60.2 Å². The summed E-state index contributed by atoms with van der Waals surface area (Å²) in [4.78, 5) is 11.4. The summed E-state index contributed by atoms with van der Waals surface area (Å²) in [6.07, 6.45) is 7.79. The second-order valence-corrected chi connectivity index (χ2v) is 7.93. The fourth-order valence-corrected chi connectivity index (χ4v) is 4.44. The molecule has 30 heavy (non-hydrogen) atoms. The van der Waals surface area contributed by atoms with Crippen molar-refractivity contribution in [3.63, 3.8) is 0 Å². The lowest BCUT2D eigenvalue weighted by molar-refractivity contribution is -0.132. The number of carbonyl (C=O) groups excluding carboxylic acids is 1. The summed E-state index contributed by atoms with van der Waals surface area (Å²) in [5, 5.41) is 3.73. The molecule has 0 radical (unpaired) electrons. The molecule has 0 amide bonds. The van der Waals surface area contributed by atoms with Crippen molar-refractivity contribution in [2.75, 3.05) is 19.0 Å². The highest BCUT2D eigenvalue weighted by atomic mass is 16.6. The maximum atomic E-state index is 11.4. The number of hydrogen-bond donors (Lipinski definition) is 1. The van der Waals surface area contributed by atoms with E-state index in [9.17, 15) is 4.79 Å². The first-order chi connectivity index (χ1) is 14.6. The average molecular weight is 408 g/mol. The lowest BCUT2D eigenvalue weighted by Crippen LogP contribution is -2.29. The SMILES string of the molecule is CCCCOc1ccc2c(c1)C1C=CCC1C(c1ccc(OC(C)=O)c(OC)c1)N2. The number of benzene rings is 2. The topological polar surface area (TPSA) is 56.8 Å². The van der Waals surface area contributed by atoms with Crippen LogP contribution < -0.4 is 19.5 Å². The van der Waals surface area contributed by atoms with Gasteiger partial charge in [0, 0.05) is 18.5 Å². The smallest absolute Gasteiger partial charge is 0.308 e. The van der Waals surface area contributed by atoms with Crippen LogP contribution in [0.1, 0.15) is 56.2 Å². The summed E-state index contributed by atoms with van der Waals surface area (Å²) < 4.78 is 16.7. The molecule has 2 aliphatic rings. The minimum absolute atomic E-state index is 0.143. The normalized spacial score (nSPS) is 21.4. The van der Waals surface area contributed by atoms with Crippen molar-refractivity contribution in [3.05, 3.63) is 59.7 Å². The summed E-state index contributed by atoms with van der Waals surface area (Å²) in [6.45, 7) is 4.31. The largest absolute Gasteiger partial charge is 0.494 e. The molecule has 3 atom stereocenters. The molecular weight excluding hydrogens is 378 g/mol. The number of unbranched alkanes of at least 4 members (excludes halogenated alkanes) is 1. The lowest BCUT2D eigenvalue weighted by atomic mass is 9.77. The van der Waals surface area contributed by atoms with Crippen LogP contribution in [0.3, 0.4) is 0 Å². The van der Waals surface area contributed by atoms with Gasteiger partial charge in [0.2, 0.25) is 0 Å². The second-order valence-electron chi connectivity index (χ2n) is 7.93. The number of esters is 1. The summed E-state index contributed by atoms with van der Waals surface area (Å²) in [6, 6.07) is 12.3. The third kappa shape index (κ3) is 4.02. The Balaban J connectivity index is 1.62. The predicted molar refractivity (Wildman–Crippen MR) is 117 cm³/mol. The van der Waals surface area contributed by atoms with E-state index in [2.05, 4.69) is 36.5 Å². The molecule has 0 aromatic heterocycles. The van der Waals surface area contributed by atoms with Crippen LogP contribution >= 0.6 is 0 Å². The van der Waals surface area contributed by atoms with Crippen molar-refractivity contribution in [2.45, 2.75) is 45.1 Å². The van der Waals surface area contributed by atoms with E-state index in [4.69, 9.17) is 14.2 Å². The Labute approximate surface area is 178 Å². The van der Waals surface area contributed by atoms with Crippen molar-refractivity contribution in [2.24, 2.45) is 5.92 Å². The molecule has 3 unspecified atom stereocenters. The van der Waals surface area contributed by atoms with Gasteiger partial charge in [0.25, 0.3) is 0 Å². The molecular formula is C25H29NO4. The number of rotatable bonds is 7. The summed E-state index contributed by atoms with van der Waals surface area (Å²) >= 11 is 0. The third-order valence-electron chi connectivity index (χ3n) is 5.90. The highest BCUT2D eigenvalue weighted by Crippen LogP contribution is 2.51. The minimum Gasteiger partial charge on any atom is -0.494 e. The highest BCUT2D eigenvalue weighted by molar-refractivity contribution is 5.70. The molecule has 2 aromatic rings. The van der Waals surface area contributed by atoms with Crippen molar-refractivity contribution in [3.8, 4) is 17.2 Å².